The highest BCUT2D eigenvalue weighted by Gasteiger charge is 2.14. The Morgan fingerprint density at radius 3 is 2.80 bits per heavy atom. The lowest BCUT2D eigenvalue weighted by molar-refractivity contribution is 0.0934. The number of carbonyl (C=O) groups is 1. The zero-order chi connectivity index (χ0) is 14.5. The van der Waals surface area contributed by atoms with Crippen molar-refractivity contribution < 1.29 is 4.79 Å². The number of hydrogen-bond donors (Lipinski definition) is 2. The number of carbonyl (C=O) groups excluding carboxylic acids is 1. The summed E-state index contributed by atoms with van der Waals surface area (Å²) < 4.78 is 2.56. The molecular formula is C13H16BrN5O. The van der Waals surface area contributed by atoms with Crippen LogP contribution in [0.3, 0.4) is 0 Å². The minimum atomic E-state index is -0.247. The maximum atomic E-state index is 12.0. The molecule has 1 unspecified atom stereocenters. The summed E-state index contributed by atoms with van der Waals surface area (Å²) in [7, 11) is 0. The van der Waals surface area contributed by atoms with Gasteiger partial charge in [0.05, 0.1) is 18.8 Å². The smallest absolute Gasteiger partial charge is 0.273 e. The maximum Gasteiger partial charge on any atom is 0.273 e. The molecule has 0 saturated carbocycles. The van der Waals surface area contributed by atoms with Gasteiger partial charge in [0.1, 0.15) is 0 Å². The van der Waals surface area contributed by atoms with E-state index in [-0.39, 0.29) is 11.9 Å². The lowest BCUT2D eigenvalue weighted by atomic mass is 10.1. The first-order chi connectivity index (χ1) is 9.60. The number of hydrogen-bond acceptors (Lipinski definition) is 4. The SMILES string of the molecule is CC(NC(=O)c1cn(CCN)nn1)c1ccc(Br)cc1. The summed E-state index contributed by atoms with van der Waals surface area (Å²) in [5.74, 6) is -0.247. The quantitative estimate of drug-likeness (QED) is 0.865. The summed E-state index contributed by atoms with van der Waals surface area (Å²) in [4.78, 5) is 12.0. The lowest BCUT2D eigenvalue weighted by Crippen LogP contribution is -2.27. The number of nitrogens with zero attached hydrogens (tertiary/aromatic N) is 3. The monoisotopic (exact) mass is 337 g/mol. The van der Waals surface area contributed by atoms with Crippen LogP contribution in [-0.2, 0) is 6.54 Å². The molecule has 3 N–H and O–H groups in total. The molecule has 106 valence electrons. The third-order valence-electron chi connectivity index (χ3n) is 2.85. The Morgan fingerprint density at radius 2 is 2.15 bits per heavy atom. The third-order valence-corrected chi connectivity index (χ3v) is 3.38. The molecule has 0 aliphatic carbocycles. The molecule has 2 aromatic rings. The van der Waals surface area contributed by atoms with Crippen LogP contribution in [0.25, 0.3) is 0 Å². The fourth-order valence-corrected chi connectivity index (χ4v) is 2.01. The molecule has 0 aliphatic rings. The van der Waals surface area contributed by atoms with Gasteiger partial charge < -0.3 is 11.1 Å². The number of aromatic nitrogens is 3. The summed E-state index contributed by atoms with van der Waals surface area (Å²) in [6.45, 7) is 2.92. The summed E-state index contributed by atoms with van der Waals surface area (Å²) in [5.41, 5.74) is 6.74. The molecule has 2 rings (SSSR count). The summed E-state index contributed by atoms with van der Waals surface area (Å²) in [5, 5.41) is 10.6. The number of halogens is 1. The average Bonchev–Trinajstić information content (AvgIpc) is 2.88. The Balaban J connectivity index is 2.01. The minimum Gasteiger partial charge on any atom is -0.344 e. The molecule has 0 spiro atoms. The first-order valence-electron chi connectivity index (χ1n) is 6.26. The maximum absolute atomic E-state index is 12.0. The number of amides is 1. The van der Waals surface area contributed by atoms with Crippen LogP contribution >= 0.6 is 15.9 Å². The zero-order valence-electron chi connectivity index (χ0n) is 11.1. The van der Waals surface area contributed by atoms with E-state index in [1.54, 1.807) is 10.9 Å². The topological polar surface area (TPSA) is 85.8 Å². The van der Waals surface area contributed by atoms with Gasteiger partial charge in [0.15, 0.2) is 5.69 Å². The fourth-order valence-electron chi connectivity index (χ4n) is 1.75. The molecule has 20 heavy (non-hydrogen) atoms. The molecule has 1 aromatic heterocycles. The summed E-state index contributed by atoms with van der Waals surface area (Å²) >= 11 is 3.38. The second-order valence-electron chi connectivity index (χ2n) is 4.40. The van der Waals surface area contributed by atoms with Gasteiger partial charge >= 0.3 is 0 Å². The van der Waals surface area contributed by atoms with Crippen molar-refractivity contribution in [1.82, 2.24) is 20.3 Å². The van der Waals surface area contributed by atoms with Crippen molar-refractivity contribution in [2.75, 3.05) is 6.54 Å². The van der Waals surface area contributed by atoms with Gasteiger partial charge in [-0.15, -0.1) is 5.10 Å². The van der Waals surface area contributed by atoms with Gasteiger partial charge in [-0.1, -0.05) is 33.3 Å². The fraction of sp³-hybridized carbons (Fsp3) is 0.308. The van der Waals surface area contributed by atoms with Crippen LogP contribution < -0.4 is 11.1 Å². The van der Waals surface area contributed by atoms with Gasteiger partial charge in [0.25, 0.3) is 5.91 Å². The summed E-state index contributed by atoms with van der Waals surface area (Å²) in [6, 6.07) is 7.70. The summed E-state index contributed by atoms with van der Waals surface area (Å²) in [6.07, 6.45) is 1.59. The molecule has 0 aliphatic heterocycles. The number of benzene rings is 1. The molecule has 1 atom stereocenters. The Morgan fingerprint density at radius 1 is 1.45 bits per heavy atom. The Bertz CT molecular complexity index is 581. The van der Waals surface area contributed by atoms with Gasteiger partial charge in [0, 0.05) is 11.0 Å². The predicted molar refractivity (Wildman–Crippen MR) is 79.1 cm³/mol. The van der Waals surface area contributed by atoms with E-state index >= 15 is 0 Å². The van der Waals surface area contributed by atoms with Crippen LogP contribution in [0.15, 0.2) is 34.9 Å². The van der Waals surface area contributed by atoms with Crippen LogP contribution in [0.5, 0.6) is 0 Å². The number of rotatable bonds is 5. The Labute approximate surface area is 125 Å². The van der Waals surface area contributed by atoms with E-state index in [0.717, 1.165) is 10.0 Å². The van der Waals surface area contributed by atoms with Gasteiger partial charge in [0.2, 0.25) is 0 Å². The van der Waals surface area contributed by atoms with Crippen LogP contribution in [-0.4, -0.2) is 27.4 Å². The molecule has 0 bridgehead atoms. The third kappa shape index (κ3) is 3.64. The second-order valence-corrected chi connectivity index (χ2v) is 5.32. The molecular weight excluding hydrogens is 322 g/mol. The zero-order valence-corrected chi connectivity index (χ0v) is 12.7. The van der Waals surface area contributed by atoms with E-state index in [9.17, 15) is 4.79 Å². The first-order valence-corrected chi connectivity index (χ1v) is 7.06. The molecule has 6 nitrogen and oxygen atoms in total. The van der Waals surface area contributed by atoms with Crippen molar-refractivity contribution in [2.45, 2.75) is 19.5 Å². The Kier molecular flexibility index (Phi) is 4.86. The highest BCUT2D eigenvalue weighted by Crippen LogP contribution is 2.16. The Hall–Kier alpha value is -1.73. The minimum absolute atomic E-state index is 0.102. The largest absolute Gasteiger partial charge is 0.344 e. The van der Waals surface area contributed by atoms with Crippen molar-refractivity contribution in [3.8, 4) is 0 Å². The molecule has 1 amide bonds. The molecule has 0 radical (unpaired) electrons. The van der Waals surface area contributed by atoms with Crippen molar-refractivity contribution in [3.05, 3.63) is 46.2 Å². The van der Waals surface area contributed by atoms with E-state index in [2.05, 4.69) is 31.6 Å². The average molecular weight is 338 g/mol. The van der Waals surface area contributed by atoms with Crippen LogP contribution in [0.4, 0.5) is 0 Å². The van der Waals surface area contributed by atoms with Crippen molar-refractivity contribution >= 4 is 21.8 Å². The van der Waals surface area contributed by atoms with Gasteiger partial charge in [-0.05, 0) is 24.6 Å². The van der Waals surface area contributed by atoms with Crippen LogP contribution in [0.1, 0.15) is 29.0 Å². The van der Waals surface area contributed by atoms with Crippen molar-refractivity contribution in [3.63, 3.8) is 0 Å². The van der Waals surface area contributed by atoms with E-state index in [0.29, 0.717) is 18.8 Å². The highest BCUT2D eigenvalue weighted by atomic mass is 79.9. The predicted octanol–water partition coefficient (Wildman–Crippen LogP) is 1.49. The standard InChI is InChI=1S/C13H16BrN5O/c1-9(10-2-4-11(14)5-3-10)16-13(20)12-8-19(7-6-15)18-17-12/h2-5,8-9H,6-7,15H2,1H3,(H,16,20). The molecule has 0 fully saturated rings. The van der Waals surface area contributed by atoms with Crippen LogP contribution in [0.2, 0.25) is 0 Å². The highest BCUT2D eigenvalue weighted by molar-refractivity contribution is 9.10. The number of nitrogens with two attached hydrogens (primary N) is 1. The van der Waals surface area contributed by atoms with E-state index in [1.807, 2.05) is 31.2 Å². The van der Waals surface area contributed by atoms with Gasteiger partial charge in [-0.2, -0.15) is 0 Å². The first kappa shape index (κ1) is 14.7. The van der Waals surface area contributed by atoms with Gasteiger partial charge in [-0.3, -0.25) is 9.48 Å². The van der Waals surface area contributed by atoms with Crippen molar-refractivity contribution in [1.29, 1.82) is 0 Å². The molecule has 1 heterocycles. The van der Waals surface area contributed by atoms with Crippen LogP contribution in [0, 0.1) is 0 Å². The normalized spacial score (nSPS) is 12.2. The molecule has 0 saturated heterocycles. The number of nitrogens with one attached hydrogen (secondary N) is 1. The van der Waals surface area contributed by atoms with Gasteiger partial charge in [-0.25, -0.2) is 0 Å². The van der Waals surface area contributed by atoms with E-state index in [4.69, 9.17) is 5.73 Å². The molecule has 1 aromatic carbocycles. The van der Waals surface area contributed by atoms with Crippen molar-refractivity contribution in [2.24, 2.45) is 5.73 Å². The lowest BCUT2D eigenvalue weighted by Gasteiger charge is -2.13. The second kappa shape index (κ2) is 6.62. The van der Waals surface area contributed by atoms with E-state index < -0.39 is 0 Å². The molecule has 7 heteroatoms. The van der Waals surface area contributed by atoms with E-state index in [1.165, 1.54) is 0 Å².